The predicted molar refractivity (Wildman–Crippen MR) is 111 cm³/mol. The van der Waals surface area contributed by atoms with Gasteiger partial charge in [0.15, 0.2) is 0 Å². The zero-order chi connectivity index (χ0) is 20.8. The average molecular weight is 408 g/mol. The van der Waals surface area contributed by atoms with Crippen LogP contribution in [-0.2, 0) is 23.1 Å². The van der Waals surface area contributed by atoms with Crippen LogP contribution in [0.1, 0.15) is 24.2 Å². The van der Waals surface area contributed by atoms with Crippen LogP contribution in [0.15, 0.2) is 41.6 Å². The Morgan fingerprint density at radius 2 is 1.71 bits per heavy atom. The van der Waals surface area contributed by atoms with Gasteiger partial charge in [-0.1, -0.05) is 17.7 Å². The molecule has 0 aliphatic carbocycles. The third kappa shape index (κ3) is 9.05. The molecule has 28 heavy (non-hydrogen) atoms. The fraction of sp³-hybridized carbons (Fsp3) is 0.450. The lowest BCUT2D eigenvalue weighted by Gasteiger charge is -2.31. The van der Waals surface area contributed by atoms with Crippen LogP contribution in [0.25, 0.3) is 0 Å². The van der Waals surface area contributed by atoms with E-state index in [0.717, 1.165) is 18.2 Å². The van der Waals surface area contributed by atoms with Crippen molar-refractivity contribution < 1.29 is 19.8 Å². The molecule has 2 N–H and O–H groups in total. The van der Waals surface area contributed by atoms with Gasteiger partial charge in [-0.2, -0.15) is 0 Å². The Balaban J connectivity index is 0.000000582. The van der Waals surface area contributed by atoms with Gasteiger partial charge in [-0.25, -0.2) is 4.98 Å². The number of benzene rings is 1. The Bertz CT molecular complexity index is 677. The Labute approximate surface area is 170 Å². The SMILES string of the molecule is Cc1ccc(SC2CCN(CCc3nccn3C)CC2)cc1.O=CO.O=CO. The van der Waals surface area contributed by atoms with E-state index in [1.807, 2.05) is 12.4 Å². The molecule has 1 aromatic heterocycles. The van der Waals surface area contributed by atoms with E-state index in [9.17, 15) is 0 Å². The number of carboxylic acid groups (broad SMARTS) is 2. The summed E-state index contributed by atoms with van der Waals surface area (Å²) in [5, 5.41) is 14.5. The lowest BCUT2D eigenvalue weighted by molar-refractivity contribution is -0.123. The monoisotopic (exact) mass is 407 g/mol. The number of aryl methyl sites for hydroxylation is 2. The zero-order valence-corrected chi connectivity index (χ0v) is 17.2. The fourth-order valence-electron chi connectivity index (χ4n) is 2.96. The summed E-state index contributed by atoms with van der Waals surface area (Å²) < 4.78 is 2.12. The van der Waals surface area contributed by atoms with E-state index in [4.69, 9.17) is 19.8 Å². The maximum absolute atomic E-state index is 8.36. The number of aromatic nitrogens is 2. The highest BCUT2D eigenvalue weighted by molar-refractivity contribution is 8.00. The number of hydrogen-bond donors (Lipinski definition) is 2. The van der Waals surface area contributed by atoms with Crippen LogP contribution in [0.3, 0.4) is 0 Å². The lowest BCUT2D eigenvalue weighted by Crippen LogP contribution is -2.36. The van der Waals surface area contributed by atoms with Crippen LogP contribution < -0.4 is 0 Å². The maximum atomic E-state index is 8.36. The average Bonchev–Trinajstić information content (AvgIpc) is 3.09. The number of nitrogens with zero attached hydrogens (tertiary/aromatic N) is 3. The van der Waals surface area contributed by atoms with Crippen LogP contribution in [0.5, 0.6) is 0 Å². The Kier molecular flexibility index (Phi) is 11.7. The van der Waals surface area contributed by atoms with Gasteiger partial charge in [0.25, 0.3) is 12.9 Å². The molecule has 0 saturated carbocycles. The van der Waals surface area contributed by atoms with Crippen molar-refractivity contribution in [3.8, 4) is 0 Å². The molecule has 1 aromatic carbocycles. The molecule has 0 unspecified atom stereocenters. The van der Waals surface area contributed by atoms with Gasteiger partial charge in [-0.05, 0) is 45.0 Å². The summed E-state index contributed by atoms with van der Waals surface area (Å²) in [6.45, 7) is 5.21. The molecule has 1 aliphatic heterocycles. The number of imidazole rings is 1. The second-order valence-corrected chi connectivity index (χ2v) is 7.76. The molecule has 0 spiro atoms. The summed E-state index contributed by atoms with van der Waals surface area (Å²) in [5.41, 5.74) is 1.34. The highest BCUT2D eigenvalue weighted by Crippen LogP contribution is 2.30. The van der Waals surface area contributed by atoms with Crippen molar-refractivity contribution in [2.45, 2.75) is 36.3 Å². The van der Waals surface area contributed by atoms with Crippen LogP contribution in [0.4, 0.5) is 0 Å². The van der Waals surface area contributed by atoms with Gasteiger partial charge in [0, 0.05) is 42.6 Å². The second kappa shape index (κ2) is 13.8. The van der Waals surface area contributed by atoms with Gasteiger partial charge < -0.3 is 19.7 Å². The maximum Gasteiger partial charge on any atom is 0.290 e. The highest BCUT2D eigenvalue weighted by atomic mass is 32.2. The molecule has 2 aromatic rings. The summed E-state index contributed by atoms with van der Waals surface area (Å²) >= 11 is 2.05. The first-order valence-corrected chi connectivity index (χ1v) is 9.99. The zero-order valence-electron chi connectivity index (χ0n) is 16.4. The first-order valence-electron chi connectivity index (χ1n) is 9.11. The molecule has 8 heteroatoms. The fourth-order valence-corrected chi connectivity index (χ4v) is 4.08. The van der Waals surface area contributed by atoms with Crippen LogP contribution in [0, 0.1) is 6.92 Å². The van der Waals surface area contributed by atoms with Crippen molar-refractivity contribution in [1.82, 2.24) is 14.5 Å². The largest absolute Gasteiger partial charge is 0.483 e. The van der Waals surface area contributed by atoms with E-state index < -0.39 is 0 Å². The van der Waals surface area contributed by atoms with Gasteiger partial charge in [0.05, 0.1) is 0 Å². The number of likely N-dealkylation sites (tertiary alicyclic amines) is 1. The van der Waals surface area contributed by atoms with E-state index in [1.54, 1.807) is 0 Å². The number of thioether (sulfide) groups is 1. The van der Waals surface area contributed by atoms with Crippen molar-refractivity contribution in [3.05, 3.63) is 48.0 Å². The lowest BCUT2D eigenvalue weighted by atomic mass is 10.1. The Morgan fingerprint density at radius 1 is 1.14 bits per heavy atom. The molecule has 1 saturated heterocycles. The van der Waals surface area contributed by atoms with E-state index in [1.165, 1.54) is 42.2 Å². The minimum atomic E-state index is -0.250. The van der Waals surface area contributed by atoms with Crippen LogP contribution in [0.2, 0.25) is 0 Å². The second-order valence-electron chi connectivity index (χ2n) is 6.39. The van der Waals surface area contributed by atoms with E-state index in [-0.39, 0.29) is 12.9 Å². The third-order valence-electron chi connectivity index (χ3n) is 4.43. The highest BCUT2D eigenvalue weighted by Gasteiger charge is 2.20. The molecule has 0 atom stereocenters. The Morgan fingerprint density at radius 3 is 2.21 bits per heavy atom. The number of carbonyl (C=O) groups is 2. The van der Waals surface area contributed by atoms with Gasteiger partial charge >= 0.3 is 0 Å². The molecule has 7 nitrogen and oxygen atoms in total. The Hall–Kier alpha value is -2.32. The van der Waals surface area contributed by atoms with Crippen LogP contribution in [-0.4, -0.2) is 62.5 Å². The number of hydrogen-bond acceptors (Lipinski definition) is 5. The van der Waals surface area contributed by atoms with Crippen molar-refractivity contribution in [2.75, 3.05) is 19.6 Å². The van der Waals surface area contributed by atoms with E-state index in [2.05, 4.69) is 64.4 Å². The summed E-state index contributed by atoms with van der Waals surface area (Å²) in [4.78, 5) is 25.1. The predicted octanol–water partition coefficient (Wildman–Crippen LogP) is 2.93. The van der Waals surface area contributed by atoms with E-state index >= 15 is 0 Å². The van der Waals surface area contributed by atoms with Crippen molar-refractivity contribution in [2.24, 2.45) is 7.05 Å². The smallest absolute Gasteiger partial charge is 0.290 e. The van der Waals surface area contributed by atoms with Crippen molar-refractivity contribution in [1.29, 1.82) is 0 Å². The first kappa shape index (κ1) is 23.7. The van der Waals surface area contributed by atoms with Gasteiger partial charge in [-0.15, -0.1) is 11.8 Å². The third-order valence-corrected chi connectivity index (χ3v) is 5.78. The summed E-state index contributed by atoms with van der Waals surface area (Å²) in [5.74, 6) is 1.19. The summed E-state index contributed by atoms with van der Waals surface area (Å²) in [7, 11) is 2.08. The molecule has 3 rings (SSSR count). The quantitative estimate of drug-likeness (QED) is 0.736. The molecular weight excluding hydrogens is 378 g/mol. The van der Waals surface area contributed by atoms with Gasteiger partial charge in [0.2, 0.25) is 0 Å². The molecule has 2 heterocycles. The summed E-state index contributed by atoms with van der Waals surface area (Å²) in [6.07, 6.45) is 7.55. The van der Waals surface area contributed by atoms with Crippen molar-refractivity contribution >= 4 is 24.7 Å². The standard InChI is InChI=1S/C18H25N3S.2CH2O2/c1-15-3-5-16(6-4-15)22-17-7-11-21(12-8-17)13-9-18-19-10-14-20(18)2;2*2-1-3/h3-6,10,14,17H,7-9,11-13H2,1-2H3;2*1H,(H,2,3). The molecule has 1 fully saturated rings. The van der Waals surface area contributed by atoms with Gasteiger partial charge in [0.1, 0.15) is 5.82 Å². The van der Waals surface area contributed by atoms with Crippen molar-refractivity contribution in [3.63, 3.8) is 0 Å². The molecule has 0 amide bonds. The topological polar surface area (TPSA) is 95.7 Å². The molecule has 0 bridgehead atoms. The summed E-state index contributed by atoms with van der Waals surface area (Å²) in [6, 6.07) is 8.94. The minimum absolute atomic E-state index is 0.250. The van der Waals surface area contributed by atoms with Gasteiger partial charge in [-0.3, -0.25) is 9.59 Å². The minimum Gasteiger partial charge on any atom is -0.483 e. The molecule has 0 radical (unpaired) electrons. The molecule has 1 aliphatic rings. The van der Waals surface area contributed by atoms with E-state index in [0.29, 0.717) is 0 Å². The first-order chi connectivity index (χ1) is 13.5. The number of rotatable bonds is 5. The van der Waals surface area contributed by atoms with Crippen LogP contribution >= 0.6 is 11.8 Å². The molecule has 154 valence electrons. The molecular formula is C20H29N3O4S. The normalized spacial score (nSPS) is 14.2. The number of piperidine rings is 1.